The number of aromatic carboxylic acids is 1. The van der Waals surface area contributed by atoms with E-state index in [-0.39, 0.29) is 18.2 Å². The van der Waals surface area contributed by atoms with E-state index < -0.39 is 17.7 Å². The number of nitrogens with zero attached hydrogens (tertiary/aromatic N) is 2. The molecule has 0 aliphatic rings. The Kier molecular flexibility index (Phi) is 10.4. The van der Waals surface area contributed by atoms with Crippen LogP contribution in [0.4, 0.5) is 10.7 Å². The number of alkyl carbamates (subject to hydrolysis) is 1. The van der Waals surface area contributed by atoms with Gasteiger partial charge in [-0.1, -0.05) is 38.1 Å². The third-order valence-corrected chi connectivity index (χ3v) is 6.46. The molecule has 1 aromatic heterocycles. The number of aryl methyl sites for hydroxylation is 2. The Labute approximate surface area is 240 Å². The van der Waals surface area contributed by atoms with Crippen molar-refractivity contribution in [2.45, 2.75) is 71.4 Å². The maximum atomic E-state index is 12.5. The number of aromatic nitrogens is 2. The van der Waals surface area contributed by atoms with Crippen LogP contribution in [0.25, 0.3) is 11.3 Å². The molecule has 0 fully saturated rings. The Morgan fingerprint density at radius 1 is 1.02 bits per heavy atom. The van der Waals surface area contributed by atoms with Gasteiger partial charge in [0.05, 0.1) is 17.3 Å². The topological polar surface area (TPSA) is 123 Å². The summed E-state index contributed by atoms with van der Waals surface area (Å²) in [6.45, 7) is 13.8. The largest absolute Gasteiger partial charge is 0.478 e. The van der Waals surface area contributed by atoms with Crippen LogP contribution in [-0.4, -0.2) is 45.4 Å². The number of carboxylic acid groups (broad SMARTS) is 1. The predicted octanol–water partition coefficient (Wildman–Crippen LogP) is 6.90. The van der Waals surface area contributed by atoms with Gasteiger partial charge in [0.1, 0.15) is 12.2 Å². The van der Waals surface area contributed by atoms with Crippen LogP contribution in [0.3, 0.4) is 0 Å². The van der Waals surface area contributed by atoms with Crippen molar-refractivity contribution in [1.82, 2.24) is 15.3 Å². The van der Waals surface area contributed by atoms with Gasteiger partial charge in [-0.3, -0.25) is 4.72 Å². The fourth-order valence-electron chi connectivity index (χ4n) is 4.09. The van der Waals surface area contributed by atoms with Crippen LogP contribution in [0.1, 0.15) is 62.5 Å². The van der Waals surface area contributed by atoms with Crippen molar-refractivity contribution in [3.63, 3.8) is 0 Å². The van der Waals surface area contributed by atoms with E-state index in [9.17, 15) is 14.7 Å². The van der Waals surface area contributed by atoms with Gasteiger partial charge in [-0.2, -0.15) is 4.98 Å². The molecule has 0 aliphatic heterocycles. The minimum Gasteiger partial charge on any atom is -0.478 e. The van der Waals surface area contributed by atoms with Gasteiger partial charge in [-0.05, 0) is 88.2 Å². The second-order valence-corrected chi connectivity index (χ2v) is 11.9. The van der Waals surface area contributed by atoms with E-state index in [4.69, 9.17) is 14.5 Å². The van der Waals surface area contributed by atoms with Gasteiger partial charge in [0, 0.05) is 16.5 Å². The fourth-order valence-corrected chi connectivity index (χ4v) is 4.72. The molecule has 0 saturated carbocycles. The summed E-state index contributed by atoms with van der Waals surface area (Å²) in [5, 5.41) is 12.2. The van der Waals surface area contributed by atoms with Crippen molar-refractivity contribution in [2.75, 3.05) is 11.3 Å². The molecule has 0 bridgehead atoms. The van der Waals surface area contributed by atoms with Crippen LogP contribution in [0.2, 0.25) is 0 Å². The summed E-state index contributed by atoms with van der Waals surface area (Å²) in [5.41, 5.74) is 3.35. The average molecular weight is 567 g/mol. The van der Waals surface area contributed by atoms with Crippen molar-refractivity contribution >= 4 is 30.0 Å². The Morgan fingerprint density at radius 3 is 2.33 bits per heavy atom. The molecule has 0 saturated heterocycles. The van der Waals surface area contributed by atoms with Crippen LogP contribution < -0.4 is 14.8 Å². The second kappa shape index (κ2) is 13.5. The van der Waals surface area contributed by atoms with E-state index in [2.05, 4.69) is 28.9 Å². The summed E-state index contributed by atoms with van der Waals surface area (Å²) in [6, 6.07) is 14.1. The number of anilines is 1. The monoisotopic (exact) mass is 566 g/mol. The molecular formula is C30H38N4O5S. The number of rotatable bonds is 11. The molecule has 40 heavy (non-hydrogen) atoms. The number of carbonyl (C=O) groups excluding carboxylic acids is 1. The Morgan fingerprint density at radius 2 is 1.70 bits per heavy atom. The Hall–Kier alpha value is -3.79. The lowest BCUT2D eigenvalue weighted by Crippen LogP contribution is -2.42. The van der Waals surface area contributed by atoms with Gasteiger partial charge in [0.15, 0.2) is 0 Å². The van der Waals surface area contributed by atoms with Crippen molar-refractivity contribution in [1.29, 1.82) is 0 Å². The quantitative estimate of drug-likeness (QED) is 0.213. The molecule has 214 valence electrons. The zero-order valence-electron chi connectivity index (χ0n) is 24.1. The lowest BCUT2D eigenvalue weighted by atomic mass is 10.00. The number of nitrogens with one attached hydrogen (secondary N) is 2. The number of carbonyl (C=O) groups is 2. The predicted molar refractivity (Wildman–Crippen MR) is 158 cm³/mol. The van der Waals surface area contributed by atoms with Gasteiger partial charge in [0.2, 0.25) is 11.8 Å². The first-order valence-corrected chi connectivity index (χ1v) is 14.0. The summed E-state index contributed by atoms with van der Waals surface area (Å²) < 4.78 is 14.7. The molecule has 3 rings (SSSR count). The zero-order valence-corrected chi connectivity index (χ0v) is 24.9. The van der Waals surface area contributed by atoms with Crippen molar-refractivity contribution in [2.24, 2.45) is 5.92 Å². The molecule has 0 aliphatic carbocycles. The molecule has 1 atom stereocenters. The van der Waals surface area contributed by atoms with Crippen molar-refractivity contribution in [3.05, 3.63) is 65.2 Å². The molecule has 3 N–H and O–H groups in total. The smallest absolute Gasteiger partial charge is 0.407 e. The van der Waals surface area contributed by atoms with Gasteiger partial charge in [-0.25, -0.2) is 14.6 Å². The highest BCUT2D eigenvalue weighted by atomic mass is 32.2. The van der Waals surface area contributed by atoms with Crippen LogP contribution in [0.15, 0.2) is 53.4 Å². The van der Waals surface area contributed by atoms with Crippen molar-refractivity contribution < 1.29 is 24.2 Å². The van der Waals surface area contributed by atoms with E-state index in [1.165, 1.54) is 18.0 Å². The normalized spacial score (nSPS) is 12.1. The van der Waals surface area contributed by atoms with E-state index in [1.54, 1.807) is 24.3 Å². The first kappa shape index (κ1) is 30.7. The van der Waals surface area contributed by atoms with Crippen LogP contribution in [0.5, 0.6) is 5.88 Å². The third-order valence-electron chi connectivity index (χ3n) is 5.69. The molecule has 9 nitrogen and oxygen atoms in total. The number of amides is 1. The van der Waals surface area contributed by atoms with Crippen molar-refractivity contribution in [3.8, 4) is 17.1 Å². The second-order valence-electron chi connectivity index (χ2n) is 11.0. The lowest BCUT2D eigenvalue weighted by Gasteiger charge is -2.24. The Bertz CT molecular complexity index is 1320. The third kappa shape index (κ3) is 9.44. The zero-order chi connectivity index (χ0) is 29.4. The van der Waals surface area contributed by atoms with E-state index in [0.717, 1.165) is 16.7 Å². The summed E-state index contributed by atoms with van der Waals surface area (Å²) >= 11 is 1.21. The highest BCUT2D eigenvalue weighted by Crippen LogP contribution is 2.30. The number of hydrogen-bond donors (Lipinski definition) is 3. The highest BCUT2D eigenvalue weighted by molar-refractivity contribution is 8.00. The first-order chi connectivity index (χ1) is 18.8. The molecule has 2 aromatic carbocycles. The SMILES string of the molecule is Cc1cccc(C)c1-c1cc(OCC(CC(C)C)NC(=O)OC(C)(C)C)nc(NSc2cccc(C(=O)O)c2)n1. The van der Waals surface area contributed by atoms with Gasteiger partial charge in [0.25, 0.3) is 0 Å². The molecule has 1 unspecified atom stereocenters. The van der Waals surface area contributed by atoms with E-state index in [1.807, 2.05) is 52.8 Å². The molecule has 1 heterocycles. The van der Waals surface area contributed by atoms with Crippen LogP contribution in [-0.2, 0) is 4.74 Å². The van der Waals surface area contributed by atoms with Gasteiger partial charge >= 0.3 is 12.1 Å². The number of benzene rings is 2. The summed E-state index contributed by atoms with van der Waals surface area (Å²) in [6.07, 6.45) is 0.192. The van der Waals surface area contributed by atoms with E-state index in [0.29, 0.717) is 34.8 Å². The van der Waals surface area contributed by atoms with Crippen LogP contribution >= 0.6 is 11.9 Å². The summed E-state index contributed by atoms with van der Waals surface area (Å²) in [5.74, 6) is -0.0344. The average Bonchev–Trinajstić information content (AvgIpc) is 2.84. The van der Waals surface area contributed by atoms with Crippen LogP contribution in [0, 0.1) is 19.8 Å². The van der Waals surface area contributed by atoms with Gasteiger partial charge in [-0.15, -0.1) is 0 Å². The van der Waals surface area contributed by atoms with Gasteiger partial charge < -0.3 is 19.9 Å². The standard InChI is InChI=1S/C30H38N4O5S/c1-18(2)14-22(31-29(37)39-30(5,6)7)17-38-25-16-24(26-19(3)10-8-11-20(26)4)32-28(33-25)34-40-23-13-9-12-21(15-23)27(35)36/h8-13,15-16,18,22H,14,17H2,1-7H3,(H,31,37)(H,35,36)(H,32,33,34). The highest BCUT2D eigenvalue weighted by Gasteiger charge is 2.21. The minimum atomic E-state index is -0.998. The molecular weight excluding hydrogens is 528 g/mol. The van der Waals surface area contributed by atoms with E-state index >= 15 is 0 Å². The number of hydrogen-bond acceptors (Lipinski definition) is 8. The maximum absolute atomic E-state index is 12.5. The molecule has 10 heteroatoms. The Balaban J connectivity index is 1.87. The molecule has 0 radical (unpaired) electrons. The first-order valence-electron chi connectivity index (χ1n) is 13.1. The minimum absolute atomic E-state index is 0.188. The number of carboxylic acids is 1. The maximum Gasteiger partial charge on any atom is 0.407 e. The summed E-state index contributed by atoms with van der Waals surface area (Å²) in [4.78, 5) is 33.8. The molecule has 3 aromatic rings. The fraction of sp³-hybridized carbons (Fsp3) is 0.400. The number of ether oxygens (including phenoxy) is 2. The summed E-state index contributed by atoms with van der Waals surface area (Å²) in [7, 11) is 0. The lowest BCUT2D eigenvalue weighted by molar-refractivity contribution is 0.0478. The molecule has 0 spiro atoms. The molecule has 1 amide bonds.